The fourth-order valence-corrected chi connectivity index (χ4v) is 2.20. The zero-order chi connectivity index (χ0) is 12.0. The van der Waals surface area contributed by atoms with Gasteiger partial charge in [-0.1, -0.05) is 18.2 Å². The van der Waals surface area contributed by atoms with Crippen LogP contribution in [-0.4, -0.2) is 21.6 Å². The Morgan fingerprint density at radius 2 is 1.94 bits per heavy atom. The highest BCUT2D eigenvalue weighted by Crippen LogP contribution is 2.28. The number of imidazole rings is 1. The number of hydrogen-bond acceptors (Lipinski definition) is 3. The summed E-state index contributed by atoms with van der Waals surface area (Å²) in [6.45, 7) is 2.01. The first-order valence-corrected chi connectivity index (χ1v) is 5.62. The van der Waals surface area contributed by atoms with Gasteiger partial charge in [0.15, 0.2) is 5.82 Å². The first-order valence-electron chi connectivity index (χ1n) is 5.62. The van der Waals surface area contributed by atoms with Crippen molar-refractivity contribution in [1.29, 1.82) is 0 Å². The summed E-state index contributed by atoms with van der Waals surface area (Å²) in [5, 5.41) is 4.26. The number of aryl methyl sites for hydroxylation is 2. The fourth-order valence-electron chi connectivity index (χ4n) is 2.20. The average molecular weight is 226 g/mol. The van der Waals surface area contributed by atoms with E-state index >= 15 is 0 Å². The van der Waals surface area contributed by atoms with E-state index in [2.05, 4.69) is 25.9 Å². The van der Waals surface area contributed by atoms with Crippen molar-refractivity contribution in [2.24, 2.45) is 7.05 Å². The molecule has 0 saturated heterocycles. The second kappa shape index (κ2) is 3.45. The molecule has 4 heteroatoms. The van der Waals surface area contributed by atoms with Crippen molar-refractivity contribution in [3.05, 3.63) is 30.1 Å². The number of fused-ring (bicyclic) bond motifs is 3. The van der Waals surface area contributed by atoms with Crippen molar-refractivity contribution >= 4 is 27.8 Å². The lowest BCUT2D eigenvalue weighted by molar-refractivity contribution is 0.888. The molecule has 4 nitrogen and oxygen atoms in total. The molecule has 86 valence electrons. The van der Waals surface area contributed by atoms with Gasteiger partial charge in [0.05, 0.1) is 11.0 Å². The van der Waals surface area contributed by atoms with E-state index < -0.39 is 0 Å². The summed E-state index contributed by atoms with van der Waals surface area (Å²) in [5.41, 5.74) is 3.07. The van der Waals surface area contributed by atoms with Gasteiger partial charge in [-0.15, -0.1) is 0 Å². The molecule has 1 N–H and O–H groups in total. The van der Waals surface area contributed by atoms with Crippen LogP contribution in [0.1, 0.15) is 5.82 Å². The zero-order valence-electron chi connectivity index (χ0n) is 10.2. The summed E-state index contributed by atoms with van der Waals surface area (Å²) in [5.74, 6) is 1.83. The Morgan fingerprint density at radius 3 is 2.71 bits per heavy atom. The molecular weight excluding hydrogens is 212 g/mol. The Balaban J connectivity index is 2.61. The van der Waals surface area contributed by atoms with Crippen LogP contribution in [0.25, 0.3) is 21.9 Å². The van der Waals surface area contributed by atoms with Gasteiger partial charge >= 0.3 is 0 Å². The highest BCUT2D eigenvalue weighted by molar-refractivity contribution is 6.06. The summed E-state index contributed by atoms with van der Waals surface area (Å²) in [6, 6.07) is 8.15. The quantitative estimate of drug-likeness (QED) is 0.693. The summed E-state index contributed by atoms with van der Waals surface area (Å²) < 4.78 is 2.11. The molecule has 3 rings (SSSR count). The van der Waals surface area contributed by atoms with Gasteiger partial charge in [-0.05, 0) is 13.0 Å². The Labute approximate surface area is 99.3 Å². The number of anilines is 1. The van der Waals surface area contributed by atoms with Gasteiger partial charge in [0.1, 0.15) is 11.3 Å². The predicted molar refractivity (Wildman–Crippen MR) is 70.3 cm³/mol. The van der Waals surface area contributed by atoms with E-state index in [1.54, 1.807) is 0 Å². The normalized spacial score (nSPS) is 11.2. The second-order valence-electron chi connectivity index (χ2n) is 4.14. The van der Waals surface area contributed by atoms with Crippen molar-refractivity contribution in [2.45, 2.75) is 6.92 Å². The van der Waals surface area contributed by atoms with Crippen LogP contribution in [0.2, 0.25) is 0 Å². The van der Waals surface area contributed by atoms with E-state index in [0.717, 1.165) is 33.6 Å². The molecule has 0 spiro atoms. The maximum atomic E-state index is 4.59. The SMILES string of the molecule is CNc1nc2ccccc2c2c1nc(C)n2C. The molecule has 2 aromatic heterocycles. The first kappa shape index (κ1) is 10.1. The highest BCUT2D eigenvalue weighted by atomic mass is 15.1. The minimum absolute atomic E-state index is 0.836. The number of aromatic nitrogens is 3. The summed E-state index contributed by atoms with van der Waals surface area (Å²) in [4.78, 5) is 9.16. The molecule has 3 aromatic rings. The smallest absolute Gasteiger partial charge is 0.154 e. The third-order valence-corrected chi connectivity index (χ3v) is 3.17. The molecule has 0 bridgehead atoms. The number of rotatable bonds is 1. The molecule has 0 amide bonds. The highest BCUT2D eigenvalue weighted by Gasteiger charge is 2.13. The van der Waals surface area contributed by atoms with Crippen LogP contribution in [-0.2, 0) is 7.05 Å². The van der Waals surface area contributed by atoms with Crippen molar-refractivity contribution in [3.63, 3.8) is 0 Å². The van der Waals surface area contributed by atoms with Crippen molar-refractivity contribution in [2.75, 3.05) is 12.4 Å². The first-order chi connectivity index (χ1) is 8.22. The van der Waals surface area contributed by atoms with E-state index in [0.29, 0.717) is 0 Å². The molecule has 0 unspecified atom stereocenters. The molecule has 1 aromatic carbocycles. The number of para-hydroxylation sites is 1. The van der Waals surface area contributed by atoms with Gasteiger partial charge in [-0.3, -0.25) is 0 Å². The Hall–Kier alpha value is -2.10. The van der Waals surface area contributed by atoms with Gasteiger partial charge < -0.3 is 9.88 Å². The molecule has 0 aliphatic heterocycles. The summed E-state index contributed by atoms with van der Waals surface area (Å²) in [7, 11) is 3.91. The summed E-state index contributed by atoms with van der Waals surface area (Å²) >= 11 is 0. The third-order valence-electron chi connectivity index (χ3n) is 3.17. The van der Waals surface area contributed by atoms with Gasteiger partial charge in [-0.2, -0.15) is 0 Å². The maximum absolute atomic E-state index is 4.59. The van der Waals surface area contributed by atoms with Gasteiger partial charge in [0, 0.05) is 19.5 Å². The molecule has 17 heavy (non-hydrogen) atoms. The molecule has 2 heterocycles. The Kier molecular flexibility index (Phi) is 2.04. The van der Waals surface area contributed by atoms with Crippen LogP contribution in [0.15, 0.2) is 24.3 Å². The molecule has 0 saturated carbocycles. The minimum atomic E-state index is 0.836. The Morgan fingerprint density at radius 1 is 1.18 bits per heavy atom. The van der Waals surface area contributed by atoms with Crippen molar-refractivity contribution < 1.29 is 0 Å². The van der Waals surface area contributed by atoms with Crippen LogP contribution in [0.3, 0.4) is 0 Å². The van der Waals surface area contributed by atoms with Crippen LogP contribution in [0, 0.1) is 6.92 Å². The molecular formula is C13H14N4. The third kappa shape index (κ3) is 1.30. The lowest BCUT2D eigenvalue weighted by Gasteiger charge is -2.05. The average Bonchev–Trinajstić information content (AvgIpc) is 2.65. The molecule has 0 aliphatic carbocycles. The number of nitrogens with zero attached hydrogens (tertiary/aromatic N) is 3. The van der Waals surface area contributed by atoms with E-state index in [-0.39, 0.29) is 0 Å². The van der Waals surface area contributed by atoms with E-state index in [1.165, 1.54) is 0 Å². The van der Waals surface area contributed by atoms with E-state index in [9.17, 15) is 0 Å². The van der Waals surface area contributed by atoms with Gasteiger partial charge in [0.25, 0.3) is 0 Å². The van der Waals surface area contributed by atoms with Crippen molar-refractivity contribution in [1.82, 2.24) is 14.5 Å². The largest absolute Gasteiger partial charge is 0.371 e. The molecule has 0 atom stereocenters. The Bertz CT molecular complexity index is 712. The summed E-state index contributed by atoms with van der Waals surface area (Å²) in [6.07, 6.45) is 0. The topological polar surface area (TPSA) is 42.7 Å². The van der Waals surface area contributed by atoms with Crippen LogP contribution >= 0.6 is 0 Å². The second-order valence-corrected chi connectivity index (χ2v) is 4.14. The molecule has 0 radical (unpaired) electrons. The van der Waals surface area contributed by atoms with Crippen LogP contribution in [0.5, 0.6) is 0 Å². The predicted octanol–water partition coefficient (Wildman–Crippen LogP) is 2.47. The van der Waals surface area contributed by atoms with Gasteiger partial charge in [0.2, 0.25) is 0 Å². The van der Waals surface area contributed by atoms with Crippen molar-refractivity contribution in [3.8, 4) is 0 Å². The fraction of sp³-hybridized carbons (Fsp3) is 0.231. The van der Waals surface area contributed by atoms with Crippen LogP contribution < -0.4 is 5.32 Å². The lowest BCUT2D eigenvalue weighted by Crippen LogP contribution is -1.96. The number of pyridine rings is 1. The van der Waals surface area contributed by atoms with E-state index in [4.69, 9.17) is 0 Å². The zero-order valence-corrected chi connectivity index (χ0v) is 10.2. The number of nitrogens with one attached hydrogen (secondary N) is 1. The minimum Gasteiger partial charge on any atom is -0.371 e. The monoisotopic (exact) mass is 226 g/mol. The number of benzene rings is 1. The molecule has 0 aliphatic rings. The van der Waals surface area contributed by atoms with E-state index in [1.807, 2.05) is 39.2 Å². The van der Waals surface area contributed by atoms with Crippen LogP contribution in [0.4, 0.5) is 5.82 Å². The standard InChI is InChI=1S/C13H14N4/c1-8-15-11-12(17(8)3)9-6-4-5-7-10(9)16-13(11)14-2/h4-7H,1-3H3,(H,14,16). The van der Waals surface area contributed by atoms with Gasteiger partial charge in [-0.25, -0.2) is 9.97 Å². The lowest BCUT2D eigenvalue weighted by atomic mass is 10.2. The maximum Gasteiger partial charge on any atom is 0.154 e. The number of hydrogen-bond donors (Lipinski definition) is 1. The molecule has 0 fully saturated rings.